The smallest absolute Gasteiger partial charge is 0.139 e. The number of nitrogens with one attached hydrogen (secondary N) is 2. The number of H-pyrrole nitrogens is 2. The van der Waals surface area contributed by atoms with Gasteiger partial charge in [0.15, 0.2) is 0 Å². The van der Waals surface area contributed by atoms with E-state index in [-0.39, 0.29) is 0 Å². The molecular formula is C68H46N6. The molecule has 2 heterocycles. The monoisotopic (exact) mass is 946 g/mol. The van der Waals surface area contributed by atoms with Gasteiger partial charge in [-0.05, 0) is 151 Å². The molecule has 0 bridgehead atoms. The second-order valence-corrected chi connectivity index (χ2v) is 18.9. The lowest BCUT2D eigenvalue weighted by Gasteiger charge is -2.26. The van der Waals surface area contributed by atoms with Crippen molar-refractivity contribution in [1.82, 2.24) is 19.9 Å². The van der Waals surface area contributed by atoms with Crippen LogP contribution in [0.15, 0.2) is 255 Å². The summed E-state index contributed by atoms with van der Waals surface area (Å²) < 4.78 is 0. The Morgan fingerprint density at radius 1 is 0.284 bits per heavy atom. The van der Waals surface area contributed by atoms with Crippen LogP contribution in [-0.4, -0.2) is 19.9 Å². The number of anilines is 6. The van der Waals surface area contributed by atoms with Crippen molar-refractivity contribution in [2.75, 3.05) is 9.80 Å². The van der Waals surface area contributed by atoms with Crippen molar-refractivity contribution in [3.63, 3.8) is 0 Å². The normalized spacial score (nSPS) is 11.7. The fourth-order valence-corrected chi connectivity index (χ4v) is 10.6. The topological polar surface area (TPSA) is 63.8 Å². The van der Waals surface area contributed by atoms with Gasteiger partial charge in [0.2, 0.25) is 0 Å². The first-order valence-corrected chi connectivity index (χ1v) is 25.0. The lowest BCUT2D eigenvalue weighted by atomic mass is 10.0. The van der Waals surface area contributed by atoms with Crippen LogP contribution in [0, 0.1) is 0 Å². The minimum absolute atomic E-state index is 0.861. The van der Waals surface area contributed by atoms with Crippen LogP contribution in [0.4, 0.5) is 34.1 Å². The summed E-state index contributed by atoms with van der Waals surface area (Å²) in [6.07, 6.45) is 4.39. The van der Waals surface area contributed by atoms with Gasteiger partial charge in [-0.25, -0.2) is 9.97 Å². The first-order valence-electron chi connectivity index (χ1n) is 25.0. The number of aromatic amines is 2. The molecule has 0 saturated carbocycles. The van der Waals surface area contributed by atoms with Crippen molar-refractivity contribution in [2.24, 2.45) is 0 Å². The Bertz CT molecular complexity index is 4150. The fourth-order valence-electron chi connectivity index (χ4n) is 10.6. The van der Waals surface area contributed by atoms with E-state index in [1.807, 2.05) is 36.4 Å². The molecule has 2 N–H and O–H groups in total. The number of fused-ring (bicyclic) bond motifs is 6. The maximum Gasteiger partial charge on any atom is 0.139 e. The number of hydrogen-bond acceptors (Lipinski definition) is 4. The molecule has 348 valence electrons. The fraction of sp³-hybridized carbons (Fsp3) is 0. The summed E-state index contributed by atoms with van der Waals surface area (Å²) in [6.45, 7) is 0. The molecule has 0 atom stereocenters. The van der Waals surface area contributed by atoms with E-state index >= 15 is 0 Å². The molecule has 12 aromatic carbocycles. The zero-order chi connectivity index (χ0) is 49.0. The number of para-hydroxylation sites is 4. The number of imidazole rings is 2. The van der Waals surface area contributed by atoms with E-state index in [4.69, 9.17) is 9.97 Å². The van der Waals surface area contributed by atoms with Crippen molar-refractivity contribution in [1.29, 1.82) is 0 Å². The molecule has 2 aromatic heterocycles. The molecule has 74 heavy (non-hydrogen) atoms. The van der Waals surface area contributed by atoms with Crippen molar-refractivity contribution in [3.8, 4) is 22.8 Å². The van der Waals surface area contributed by atoms with Crippen LogP contribution in [-0.2, 0) is 0 Å². The van der Waals surface area contributed by atoms with E-state index in [0.29, 0.717) is 0 Å². The maximum absolute atomic E-state index is 4.97. The number of benzene rings is 12. The number of hydrogen-bond donors (Lipinski definition) is 2. The largest absolute Gasteiger partial charge is 0.338 e. The lowest BCUT2D eigenvalue weighted by Crippen LogP contribution is -2.10. The zero-order valence-corrected chi connectivity index (χ0v) is 40.2. The molecule has 0 fully saturated rings. The molecular weight excluding hydrogens is 901 g/mol. The third kappa shape index (κ3) is 7.88. The van der Waals surface area contributed by atoms with Gasteiger partial charge in [0.05, 0.1) is 22.1 Å². The second-order valence-electron chi connectivity index (χ2n) is 18.9. The van der Waals surface area contributed by atoms with Gasteiger partial charge in [-0.2, -0.15) is 0 Å². The minimum Gasteiger partial charge on any atom is -0.338 e. The predicted octanol–water partition coefficient (Wildman–Crippen LogP) is 18.5. The quantitative estimate of drug-likeness (QED) is 0.134. The Morgan fingerprint density at radius 2 is 0.635 bits per heavy atom. The van der Waals surface area contributed by atoms with Crippen molar-refractivity contribution in [3.05, 3.63) is 266 Å². The van der Waals surface area contributed by atoms with E-state index in [2.05, 4.69) is 250 Å². The van der Waals surface area contributed by atoms with Crippen molar-refractivity contribution < 1.29 is 0 Å². The second kappa shape index (κ2) is 18.0. The summed E-state index contributed by atoms with van der Waals surface area (Å²) in [6, 6.07) is 91.0. The van der Waals surface area contributed by atoms with Crippen LogP contribution in [0.1, 0.15) is 11.1 Å². The van der Waals surface area contributed by atoms with Crippen LogP contribution in [0.3, 0.4) is 0 Å². The van der Waals surface area contributed by atoms with Gasteiger partial charge in [0.1, 0.15) is 11.6 Å². The first kappa shape index (κ1) is 42.8. The highest BCUT2D eigenvalue weighted by Crippen LogP contribution is 2.42. The van der Waals surface area contributed by atoms with Crippen LogP contribution in [0.5, 0.6) is 0 Å². The lowest BCUT2D eigenvalue weighted by molar-refractivity contribution is 1.29. The third-order valence-electron chi connectivity index (χ3n) is 14.3. The average molecular weight is 947 g/mol. The van der Waals surface area contributed by atoms with Crippen molar-refractivity contribution in [2.45, 2.75) is 0 Å². The van der Waals surface area contributed by atoms with Crippen molar-refractivity contribution >= 4 is 111 Å². The summed E-state index contributed by atoms with van der Waals surface area (Å²) in [4.78, 5) is 21.7. The van der Waals surface area contributed by atoms with Crippen LogP contribution in [0.25, 0.3) is 100 Å². The van der Waals surface area contributed by atoms with E-state index in [0.717, 1.165) is 112 Å². The molecule has 6 heteroatoms. The Hall–Kier alpha value is -10.0. The van der Waals surface area contributed by atoms with Crippen LogP contribution >= 0.6 is 0 Å². The molecule has 0 aliphatic rings. The molecule has 0 radical (unpaired) electrons. The Balaban J connectivity index is 0.802. The highest BCUT2D eigenvalue weighted by atomic mass is 15.1. The molecule has 14 aromatic rings. The van der Waals surface area contributed by atoms with Gasteiger partial charge in [-0.15, -0.1) is 0 Å². The number of aromatic nitrogens is 4. The third-order valence-corrected chi connectivity index (χ3v) is 14.3. The standard InChI is InChI=1S/C68H46N6/c1-3-13-49-41-55(35-29-47(49)11-1)73(56-36-30-48-12-2-4-14-50(48)42-56)53-31-25-45(26-32-53)23-24-46-27-33-54(34-28-46)74(57-37-39-59-51(43-57)15-9-17-61(59)67-69-63-19-5-6-20-64(63)70-67)58-38-40-60-52(44-58)16-10-18-62(60)68-71-65-21-7-8-22-66(65)72-68/h1-44H,(H,69,70)(H,71,72)/b24-23+. The molecule has 0 aliphatic carbocycles. The van der Waals surface area contributed by atoms with Gasteiger partial charge >= 0.3 is 0 Å². The molecule has 0 aliphatic heterocycles. The summed E-state index contributed by atoms with van der Waals surface area (Å²) in [7, 11) is 0. The summed E-state index contributed by atoms with van der Waals surface area (Å²) >= 11 is 0. The van der Waals surface area contributed by atoms with Gasteiger partial charge < -0.3 is 19.8 Å². The molecule has 0 spiro atoms. The summed E-state index contributed by atoms with van der Waals surface area (Å²) in [5.41, 5.74) is 14.8. The highest BCUT2D eigenvalue weighted by Gasteiger charge is 2.18. The zero-order valence-electron chi connectivity index (χ0n) is 40.2. The molecule has 6 nitrogen and oxygen atoms in total. The van der Waals surface area contributed by atoms with E-state index in [1.165, 1.54) is 21.5 Å². The maximum atomic E-state index is 4.97. The Morgan fingerprint density at radius 3 is 1.07 bits per heavy atom. The van der Waals surface area contributed by atoms with E-state index < -0.39 is 0 Å². The van der Waals surface area contributed by atoms with Crippen LogP contribution in [0.2, 0.25) is 0 Å². The predicted molar refractivity (Wildman–Crippen MR) is 311 cm³/mol. The molecule has 0 unspecified atom stereocenters. The van der Waals surface area contributed by atoms with Crippen LogP contribution < -0.4 is 9.80 Å². The SMILES string of the molecule is C(=C\c1ccc(N(c2ccc3c(-c4nc5ccccc5[nH]4)cccc3c2)c2ccc3c(-c4nc5ccccc5[nH]4)cccc3c2)cc1)/c1ccc(N(c2ccc3ccccc3c2)c2ccc3ccccc3c2)cc1. The minimum atomic E-state index is 0.861. The van der Waals surface area contributed by atoms with Gasteiger partial charge in [-0.3, -0.25) is 0 Å². The Labute approximate surface area is 427 Å². The van der Waals surface area contributed by atoms with E-state index in [1.54, 1.807) is 0 Å². The Kier molecular flexibility index (Phi) is 10.4. The van der Waals surface area contributed by atoms with Gasteiger partial charge in [0.25, 0.3) is 0 Å². The summed E-state index contributed by atoms with van der Waals surface area (Å²) in [5, 5.41) is 9.38. The van der Waals surface area contributed by atoms with Gasteiger partial charge in [-0.1, -0.05) is 170 Å². The first-order chi connectivity index (χ1) is 36.6. The van der Waals surface area contributed by atoms with E-state index in [9.17, 15) is 0 Å². The molecule has 0 amide bonds. The highest BCUT2D eigenvalue weighted by molar-refractivity contribution is 6.02. The average Bonchev–Trinajstić information content (AvgIpc) is 4.10. The summed E-state index contributed by atoms with van der Waals surface area (Å²) in [5.74, 6) is 1.72. The molecule has 0 saturated heterocycles. The number of nitrogens with zero attached hydrogens (tertiary/aromatic N) is 4. The van der Waals surface area contributed by atoms with Gasteiger partial charge in [0, 0.05) is 45.3 Å². The molecule has 14 rings (SSSR count). The number of rotatable bonds is 10.